The second-order valence-electron chi connectivity index (χ2n) is 8.02. The summed E-state index contributed by atoms with van der Waals surface area (Å²) in [5, 5.41) is 3.17. The maximum atomic E-state index is 12.5. The van der Waals surface area contributed by atoms with Gasteiger partial charge in [0, 0.05) is 38.3 Å². The van der Waals surface area contributed by atoms with E-state index in [0.717, 1.165) is 38.5 Å². The van der Waals surface area contributed by atoms with Gasteiger partial charge < -0.3 is 15.0 Å². The van der Waals surface area contributed by atoms with E-state index < -0.39 is 0 Å². The van der Waals surface area contributed by atoms with Crippen LogP contribution in [0, 0.1) is 5.92 Å². The van der Waals surface area contributed by atoms with Crippen LogP contribution in [0.2, 0.25) is 0 Å². The molecule has 1 saturated heterocycles. The van der Waals surface area contributed by atoms with Crippen molar-refractivity contribution < 1.29 is 9.53 Å². The van der Waals surface area contributed by atoms with E-state index in [0.29, 0.717) is 6.54 Å². The Labute approximate surface area is 141 Å². The van der Waals surface area contributed by atoms with E-state index in [1.807, 2.05) is 4.90 Å². The molecule has 0 spiro atoms. The van der Waals surface area contributed by atoms with Crippen LogP contribution in [0.5, 0.6) is 0 Å². The Hall–Kier alpha value is -0.810. The zero-order chi connectivity index (χ0) is 17.0. The minimum Gasteiger partial charge on any atom is -0.373 e. The fourth-order valence-electron chi connectivity index (χ4n) is 3.35. The Morgan fingerprint density at radius 1 is 1.26 bits per heavy atom. The summed E-state index contributed by atoms with van der Waals surface area (Å²) in [7, 11) is 0. The zero-order valence-electron chi connectivity index (χ0n) is 15.6. The Morgan fingerprint density at radius 2 is 1.87 bits per heavy atom. The summed E-state index contributed by atoms with van der Waals surface area (Å²) in [6.45, 7) is 15.1. The van der Waals surface area contributed by atoms with Crippen molar-refractivity contribution in [2.24, 2.45) is 5.92 Å². The lowest BCUT2D eigenvalue weighted by Gasteiger charge is -2.45. The molecule has 1 heterocycles. The number of hydrogen-bond donors (Lipinski definition) is 1. The summed E-state index contributed by atoms with van der Waals surface area (Å²) in [5.74, 6) is 0.737. The van der Waals surface area contributed by atoms with Crippen LogP contribution in [-0.4, -0.2) is 66.3 Å². The van der Waals surface area contributed by atoms with Gasteiger partial charge in [-0.3, -0.25) is 4.90 Å². The summed E-state index contributed by atoms with van der Waals surface area (Å²) in [4.78, 5) is 17.0. The number of hydrogen-bond acceptors (Lipinski definition) is 3. The van der Waals surface area contributed by atoms with Crippen molar-refractivity contribution in [1.29, 1.82) is 0 Å². The van der Waals surface area contributed by atoms with Crippen LogP contribution in [0.1, 0.15) is 53.9 Å². The quantitative estimate of drug-likeness (QED) is 0.783. The van der Waals surface area contributed by atoms with Gasteiger partial charge in [0.05, 0.1) is 12.2 Å². The third kappa shape index (κ3) is 5.64. The summed E-state index contributed by atoms with van der Waals surface area (Å²) in [5.41, 5.74) is -0.0561. The molecule has 2 rings (SSSR count). The maximum absolute atomic E-state index is 12.5. The smallest absolute Gasteiger partial charge is 0.317 e. The lowest BCUT2D eigenvalue weighted by molar-refractivity contribution is -0.0948. The maximum Gasteiger partial charge on any atom is 0.317 e. The number of nitrogens with one attached hydrogen (secondary N) is 1. The number of nitrogens with zero attached hydrogens (tertiary/aromatic N) is 2. The van der Waals surface area contributed by atoms with Gasteiger partial charge in [-0.25, -0.2) is 4.79 Å². The Morgan fingerprint density at radius 3 is 2.39 bits per heavy atom. The number of urea groups is 1. The molecule has 134 valence electrons. The molecule has 23 heavy (non-hydrogen) atoms. The molecule has 2 unspecified atom stereocenters. The van der Waals surface area contributed by atoms with Gasteiger partial charge in [0.25, 0.3) is 0 Å². The molecule has 1 saturated carbocycles. The van der Waals surface area contributed by atoms with E-state index in [1.165, 1.54) is 12.8 Å². The molecule has 0 bridgehead atoms. The molecule has 5 heteroatoms. The standard InChI is InChI=1S/C18H35N3O2/c1-6-9-20(12-16-7-8-16)17(22)19-13-18(4,5)21-10-14(2)23-15(3)11-21/h14-16H,6-13H2,1-5H3,(H,19,22). The van der Waals surface area contributed by atoms with Gasteiger partial charge in [-0.1, -0.05) is 6.92 Å². The van der Waals surface area contributed by atoms with Gasteiger partial charge in [-0.15, -0.1) is 0 Å². The average molecular weight is 325 g/mol. The summed E-state index contributed by atoms with van der Waals surface area (Å²) in [6, 6.07) is 0.0983. The number of morpholine rings is 1. The van der Waals surface area contributed by atoms with E-state index in [1.54, 1.807) is 0 Å². The molecular formula is C18H35N3O2. The molecule has 2 amide bonds. The van der Waals surface area contributed by atoms with Crippen LogP contribution < -0.4 is 5.32 Å². The van der Waals surface area contributed by atoms with Gasteiger partial charge in [-0.2, -0.15) is 0 Å². The number of ether oxygens (including phenoxy) is 1. The Balaban J connectivity index is 1.85. The number of carbonyl (C=O) groups excluding carboxylic acids is 1. The zero-order valence-corrected chi connectivity index (χ0v) is 15.6. The lowest BCUT2D eigenvalue weighted by atomic mass is 10.00. The van der Waals surface area contributed by atoms with Crippen LogP contribution in [0.3, 0.4) is 0 Å². The molecule has 1 aliphatic carbocycles. The molecular weight excluding hydrogens is 290 g/mol. The fourth-order valence-corrected chi connectivity index (χ4v) is 3.35. The minimum atomic E-state index is -0.0561. The van der Waals surface area contributed by atoms with E-state index >= 15 is 0 Å². The molecule has 2 fully saturated rings. The van der Waals surface area contributed by atoms with E-state index in [9.17, 15) is 4.79 Å². The molecule has 2 aliphatic rings. The first-order valence-electron chi connectivity index (χ1n) is 9.25. The normalized spacial score (nSPS) is 26.1. The summed E-state index contributed by atoms with van der Waals surface area (Å²) in [6.07, 6.45) is 4.08. The minimum absolute atomic E-state index is 0.0561. The second kappa shape index (κ2) is 7.84. The van der Waals surface area contributed by atoms with Crippen molar-refractivity contribution in [3.63, 3.8) is 0 Å². The summed E-state index contributed by atoms with van der Waals surface area (Å²) >= 11 is 0. The van der Waals surface area contributed by atoms with Crippen LogP contribution in [0.15, 0.2) is 0 Å². The van der Waals surface area contributed by atoms with Crippen LogP contribution in [0.25, 0.3) is 0 Å². The fraction of sp³-hybridized carbons (Fsp3) is 0.944. The Bertz CT molecular complexity index is 386. The van der Waals surface area contributed by atoms with Gasteiger partial charge in [0.2, 0.25) is 0 Å². The van der Waals surface area contributed by atoms with Gasteiger partial charge in [-0.05, 0) is 52.9 Å². The van der Waals surface area contributed by atoms with Gasteiger partial charge in [0.1, 0.15) is 0 Å². The Kier molecular flexibility index (Phi) is 6.32. The number of carbonyl (C=O) groups is 1. The largest absolute Gasteiger partial charge is 0.373 e. The van der Waals surface area contributed by atoms with Crippen molar-refractivity contribution in [1.82, 2.24) is 15.1 Å². The predicted molar refractivity (Wildman–Crippen MR) is 93.6 cm³/mol. The van der Waals surface area contributed by atoms with Crippen LogP contribution >= 0.6 is 0 Å². The second-order valence-corrected chi connectivity index (χ2v) is 8.02. The van der Waals surface area contributed by atoms with Crippen molar-refractivity contribution in [2.45, 2.75) is 71.6 Å². The monoisotopic (exact) mass is 325 g/mol. The van der Waals surface area contributed by atoms with Crippen molar-refractivity contribution in [3.05, 3.63) is 0 Å². The SMILES string of the molecule is CCCN(CC1CC1)C(=O)NCC(C)(C)N1CC(C)OC(C)C1. The van der Waals surface area contributed by atoms with Gasteiger partial charge >= 0.3 is 6.03 Å². The lowest BCUT2D eigenvalue weighted by Crippen LogP contribution is -2.59. The highest BCUT2D eigenvalue weighted by atomic mass is 16.5. The molecule has 0 aromatic rings. The van der Waals surface area contributed by atoms with Crippen LogP contribution in [-0.2, 0) is 4.74 Å². The van der Waals surface area contributed by atoms with E-state index in [-0.39, 0.29) is 23.8 Å². The molecule has 1 aliphatic heterocycles. The first-order valence-corrected chi connectivity index (χ1v) is 9.25. The topological polar surface area (TPSA) is 44.8 Å². The highest BCUT2D eigenvalue weighted by Crippen LogP contribution is 2.29. The molecule has 5 nitrogen and oxygen atoms in total. The first-order chi connectivity index (χ1) is 10.8. The number of amides is 2. The molecule has 2 atom stereocenters. The molecule has 0 aromatic heterocycles. The third-order valence-corrected chi connectivity index (χ3v) is 4.90. The van der Waals surface area contributed by atoms with E-state index in [2.05, 4.69) is 44.8 Å². The number of rotatable bonds is 7. The molecule has 0 radical (unpaired) electrons. The molecule has 0 aromatic carbocycles. The summed E-state index contributed by atoms with van der Waals surface area (Å²) < 4.78 is 5.82. The van der Waals surface area contributed by atoms with Crippen molar-refractivity contribution in [2.75, 3.05) is 32.7 Å². The first kappa shape index (κ1) is 18.5. The van der Waals surface area contributed by atoms with Crippen molar-refractivity contribution in [3.8, 4) is 0 Å². The molecule has 1 N–H and O–H groups in total. The van der Waals surface area contributed by atoms with Crippen molar-refractivity contribution >= 4 is 6.03 Å². The highest BCUT2D eigenvalue weighted by molar-refractivity contribution is 5.74. The van der Waals surface area contributed by atoms with Gasteiger partial charge in [0.15, 0.2) is 0 Å². The average Bonchev–Trinajstić information content (AvgIpc) is 3.27. The van der Waals surface area contributed by atoms with Crippen LogP contribution in [0.4, 0.5) is 4.79 Å². The van der Waals surface area contributed by atoms with E-state index in [4.69, 9.17) is 4.74 Å². The predicted octanol–water partition coefficient (Wildman–Crippen LogP) is 2.71. The highest BCUT2D eigenvalue weighted by Gasteiger charge is 2.34. The third-order valence-electron chi connectivity index (χ3n) is 4.90.